The first kappa shape index (κ1) is 14.8. The monoisotopic (exact) mass is 242 g/mol. The smallest absolute Gasteiger partial charge is 0.0127 e. The number of aryl methyl sites for hydroxylation is 2. The molecule has 0 aromatic heterocycles. The highest BCUT2D eigenvalue weighted by Crippen LogP contribution is 2.11. The van der Waals surface area contributed by atoms with Gasteiger partial charge in [-0.3, -0.25) is 0 Å². The number of rotatable bonds is 9. The van der Waals surface area contributed by atoms with Gasteiger partial charge in [0.1, 0.15) is 0 Å². The maximum atomic E-state index is 5.27. The molecule has 0 heterocycles. The third kappa shape index (κ3) is 6.50. The van der Waals surface area contributed by atoms with Crippen LogP contribution in [0.3, 0.4) is 0 Å². The Morgan fingerprint density at radius 3 is 2.00 bits per heavy atom. The van der Waals surface area contributed by atoms with E-state index in [1.165, 1.54) is 56.1 Å². The molecule has 0 aliphatic heterocycles. The van der Waals surface area contributed by atoms with E-state index in [0.29, 0.717) is 0 Å². The van der Waals surface area contributed by atoms with Crippen molar-refractivity contribution in [3.8, 4) is 12.3 Å². The molecule has 1 aromatic rings. The molecule has 0 nitrogen and oxygen atoms in total. The second-order valence-corrected chi connectivity index (χ2v) is 5.04. The van der Waals surface area contributed by atoms with Crippen LogP contribution in [0.5, 0.6) is 0 Å². The summed E-state index contributed by atoms with van der Waals surface area (Å²) in [5, 5.41) is 0. The van der Waals surface area contributed by atoms with E-state index in [1.54, 1.807) is 0 Å². The lowest BCUT2D eigenvalue weighted by atomic mass is 10.0. The zero-order valence-corrected chi connectivity index (χ0v) is 11.8. The summed E-state index contributed by atoms with van der Waals surface area (Å²) < 4.78 is 0. The van der Waals surface area contributed by atoms with E-state index in [2.05, 4.69) is 37.1 Å². The van der Waals surface area contributed by atoms with Crippen LogP contribution in [0.4, 0.5) is 0 Å². The number of benzene rings is 1. The molecule has 0 N–H and O–H groups in total. The Morgan fingerprint density at radius 2 is 1.39 bits per heavy atom. The van der Waals surface area contributed by atoms with Crippen molar-refractivity contribution in [2.45, 2.75) is 64.7 Å². The molecule has 0 aliphatic carbocycles. The van der Waals surface area contributed by atoms with Gasteiger partial charge in [-0.25, -0.2) is 0 Å². The molecule has 1 rings (SSSR count). The molecule has 0 aliphatic rings. The molecule has 0 saturated heterocycles. The summed E-state index contributed by atoms with van der Waals surface area (Å²) in [6, 6.07) is 8.98. The summed E-state index contributed by atoms with van der Waals surface area (Å²) in [5.74, 6) is 2.69. The maximum absolute atomic E-state index is 5.27. The molecule has 0 saturated carbocycles. The van der Waals surface area contributed by atoms with Gasteiger partial charge in [0.15, 0.2) is 0 Å². The Hall–Kier alpha value is -1.22. The first-order chi connectivity index (χ1) is 8.86. The lowest BCUT2D eigenvalue weighted by molar-refractivity contribution is 0.607. The molecule has 98 valence electrons. The minimum Gasteiger partial charge on any atom is -0.120 e. The number of hydrogen-bond acceptors (Lipinski definition) is 0. The second kappa shape index (κ2) is 9.77. The van der Waals surface area contributed by atoms with Gasteiger partial charge in [0.2, 0.25) is 0 Å². The van der Waals surface area contributed by atoms with Crippen molar-refractivity contribution in [1.82, 2.24) is 0 Å². The van der Waals surface area contributed by atoms with E-state index in [0.717, 1.165) is 12.8 Å². The van der Waals surface area contributed by atoms with Crippen LogP contribution in [0.1, 0.15) is 63.0 Å². The molecule has 0 fully saturated rings. The zero-order valence-electron chi connectivity index (χ0n) is 11.8. The Labute approximate surface area is 113 Å². The van der Waals surface area contributed by atoms with Crippen LogP contribution in [-0.2, 0) is 12.8 Å². The van der Waals surface area contributed by atoms with Crippen molar-refractivity contribution in [1.29, 1.82) is 0 Å². The standard InChI is InChI=1S/C18H26/c1-3-5-7-8-9-10-12-18-15-13-17(14-16-18)11-6-4-2/h2,13-16H,3,5-12H2,1H3. The predicted molar refractivity (Wildman–Crippen MR) is 80.7 cm³/mol. The van der Waals surface area contributed by atoms with Gasteiger partial charge in [0.25, 0.3) is 0 Å². The Morgan fingerprint density at radius 1 is 0.833 bits per heavy atom. The highest BCUT2D eigenvalue weighted by molar-refractivity contribution is 5.23. The average Bonchev–Trinajstić information content (AvgIpc) is 2.42. The lowest BCUT2D eigenvalue weighted by Gasteiger charge is -2.03. The minimum absolute atomic E-state index is 0.844. The molecule has 0 atom stereocenters. The van der Waals surface area contributed by atoms with E-state index >= 15 is 0 Å². The Bertz CT molecular complexity index is 339. The molecular formula is C18H26. The maximum Gasteiger partial charge on any atom is 0.0127 e. The third-order valence-electron chi connectivity index (χ3n) is 3.40. The summed E-state index contributed by atoms with van der Waals surface area (Å²) in [4.78, 5) is 0. The van der Waals surface area contributed by atoms with Crippen LogP contribution >= 0.6 is 0 Å². The fourth-order valence-corrected chi connectivity index (χ4v) is 2.20. The van der Waals surface area contributed by atoms with Gasteiger partial charge in [-0.05, 0) is 30.4 Å². The van der Waals surface area contributed by atoms with E-state index < -0.39 is 0 Å². The normalized spacial score (nSPS) is 10.2. The SMILES string of the molecule is C#CCCc1ccc(CCCCCCCC)cc1. The molecule has 0 amide bonds. The van der Waals surface area contributed by atoms with Gasteiger partial charge < -0.3 is 0 Å². The number of hydrogen-bond donors (Lipinski definition) is 0. The first-order valence-corrected chi connectivity index (χ1v) is 7.38. The van der Waals surface area contributed by atoms with Gasteiger partial charge >= 0.3 is 0 Å². The van der Waals surface area contributed by atoms with Crippen molar-refractivity contribution < 1.29 is 0 Å². The van der Waals surface area contributed by atoms with Crippen LogP contribution < -0.4 is 0 Å². The van der Waals surface area contributed by atoms with Gasteiger partial charge in [0, 0.05) is 6.42 Å². The van der Waals surface area contributed by atoms with Crippen LogP contribution in [-0.4, -0.2) is 0 Å². The van der Waals surface area contributed by atoms with Crippen LogP contribution in [0, 0.1) is 12.3 Å². The van der Waals surface area contributed by atoms with Gasteiger partial charge in [-0.1, -0.05) is 63.3 Å². The highest BCUT2D eigenvalue weighted by Gasteiger charge is 1.96. The fourth-order valence-electron chi connectivity index (χ4n) is 2.20. The topological polar surface area (TPSA) is 0 Å². The molecule has 1 aromatic carbocycles. The van der Waals surface area contributed by atoms with Crippen molar-refractivity contribution in [3.05, 3.63) is 35.4 Å². The van der Waals surface area contributed by atoms with Crippen molar-refractivity contribution in [3.63, 3.8) is 0 Å². The van der Waals surface area contributed by atoms with Crippen molar-refractivity contribution in [2.75, 3.05) is 0 Å². The van der Waals surface area contributed by atoms with Gasteiger partial charge in [0.05, 0.1) is 0 Å². The zero-order chi connectivity index (χ0) is 13.1. The molecule has 18 heavy (non-hydrogen) atoms. The van der Waals surface area contributed by atoms with Crippen molar-refractivity contribution >= 4 is 0 Å². The van der Waals surface area contributed by atoms with E-state index in [-0.39, 0.29) is 0 Å². The van der Waals surface area contributed by atoms with E-state index in [4.69, 9.17) is 6.42 Å². The Kier molecular flexibility index (Phi) is 8.06. The summed E-state index contributed by atoms with van der Waals surface area (Å²) in [6.45, 7) is 2.27. The highest BCUT2D eigenvalue weighted by atomic mass is 14.0. The molecule has 0 spiro atoms. The van der Waals surface area contributed by atoms with Gasteiger partial charge in [-0.2, -0.15) is 0 Å². The minimum atomic E-state index is 0.844. The van der Waals surface area contributed by atoms with E-state index in [1.807, 2.05) is 0 Å². The molecule has 0 bridgehead atoms. The molecule has 0 radical (unpaired) electrons. The third-order valence-corrected chi connectivity index (χ3v) is 3.40. The molecule has 0 unspecified atom stereocenters. The molecular weight excluding hydrogens is 216 g/mol. The number of terminal acetylenes is 1. The van der Waals surface area contributed by atoms with Crippen LogP contribution in [0.25, 0.3) is 0 Å². The summed E-state index contributed by atoms with van der Waals surface area (Å²) in [7, 11) is 0. The summed E-state index contributed by atoms with van der Waals surface area (Å²) in [6.07, 6.45) is 16.6. The summed E-state index contributed by atoms with van der Waals surface area (Å²) in [5.41, 5.74) is 2.83. The van der Waals surface area contributed by atoms with Crippen LogP contribution in [0.15, 0.2) is 24.3 Å². The van der Waals surface area contributed by atoms with Gasteiger partial charge in [-0.15, -0.1) is 12.3 Å². The largest absolute Gasteiger partial charge is 0.120 e. The first-order valence-electron chi connectivity index (χ1n) is 7.38. The lowest BCUT2D eigenvalue weighted by Crippen LogP contribution is -1.88. The average molecular weight is 242 g/mol. The van der Waals surface area contributed by atoms with E-state index in [9.17, 15) is 0 Å². The Balaban J connectivity index is 2.17. The quantitative estimate of drug-likeness (QED) is 0.415. The predicted octanol–water partition coefficient (Wildman–Crippen LogP) is 5.16. The second-order valence-electron chi connectivity index (χ2n) is 5.04. The fraction of sp³-hybridized carbons (Fsp3) is 0.556. The summed E-state index contributed by atoms with van der Waals surface area (Å²) >= 11 is 0. The number of unbranched alkanes of at least 4 members (excludes halogenated alkanes) is 5. The van der Waals surface area contributed by atoms with Crippen LogP contribution in [0.2, 0.25) is 0 Å². The van der Waals surface area contributed by atoms with Crippen molar-refractivity contribution in [2.24, 2.45) is 0 Å². The molecule has 0 heteroatoms.